The first kappa shape index (κ1) is 20.7. The third-order valence-corrected chi connectivity index (χ3v) is 4.33. The lowest BCUT2D eigenvalue weighted by atomic mass is 10.0. The fraction of sp³-hybridized carbons (Fsp3) is 0.444. The van der Waals surface area contributed by atoms with Crippen LogP contribution in [-0.4, -0.2) is 48.4 Å². The minimum Gasteiger partial charge on any atom is -0.465 e. The van der Waals surface area contributed by atoms with Gasteiger partial charge in [-0.05, 0) is 51.0 Å². The molecule has 0 aliphatic rings. The van der Waals surface area contributed by atoms with Gasteiger partial charge in [0.25, 0.3) is 0 Å². The van der Waals surface area contributed by atoms with Crippen LogP contribution < -0.4 is 5.32 Å². The number of carbonyl (C=O) groups is 2. The predicted molar refractivity (Wildman–Crippen MR) is 102 cm³/mol. The lowest BCUT2D eigenvalue weighted by Crippen LogP contribution is -2.56. The van der Waals surface area contributed by atoms with Crippen LogP contribution in [0.25, 0.3) is 5.69 Å². The quantitative estimate of drug-likeness (QED) is 0.785. The molecule has 9 heteroatoms. The number of aromatic nitrogens is 3. The van der Waals surface area contributed by atoms with E-state index in [2.05, 4.69) is 15.4 Å². The number of carbonyl (C=O) groups excluding carboxylic acids is 1. The standard InChI is InChI=1S/C18H24ClN5O3/c1-5-14(24(17(26)27)18(2,3)4)16(25)21-9-12-8-13(19)6-7-15(12)23-11-20-10-22-23/h6-8,10-11,14H,5,9H2,1-4H3,(H,21,25)(H,26,27)/t14-/m0/s1. The van der Waals surface area contributed by atoms with Gasteiger partial charge in [0.1, 0.15) is 18.7 Å². The van der Waals surface area contributed by atoms with Crippen molar-refractivity contribution in [3.8, 4) is 5.69 Å². The molecule has 1 atom stereocenters. The summed E-state index contributed by atoms with van der Waals surface area (Å²) in [6.45, 7) is 7.25. The molecular weight excluding hydrogens is 370 g/mol. The number of nitrogens with one attached hydrogen (secondary N) is 1. The molecule has 2 amide bonds. The van der Waals surface area contributed by atoms with Crippen LogP contribution in [0.5, 0.6) is 0 Å². The van der Waals surface area contributed by atoms with Crippen molar-refractivity contribution in [2.45, 2.75) is 52.2 Å². The predicted octanol–water partition coefficient (Wildman–Crippen LogP) is 3.09. The van der Waals surface area contributed by atoms with Crippen molar-refractivity contribution in [2.75, 3.05) is 0 Å². The van der Waals surface area contributed by atoms with Gasteiger partial charge in [-0.15, -0.1) is 0 Å². The van der Waals surface area contributed by atoms with Crippen molar-refractivity contribution in [3.63, 3.8) is 0 Å². The van der Waals surface area contributed by atoms with Gasteiger partial charge in [-0.3, -0.25) is 9.69 Å². The van der Waals surface area contributed by atoms with Gasteiger partial charge in [-0.25, -0.2) is 14.5 Å². The van der Waals surface area contributed by atoms with Gasteiger partial charge in [0.05, 0.1) is 5.69 Å². The summed E-state index contributed by atoms with van der Waals surface area (Å²) in [4.78, 5) is 29.5. The molecule has 0 fully saturated rings. The summed E-state index contributed by atoms with van der Waals surface area (Å²) in [7, 11) is 0. The Morgan fingerprint density at radius 3 is 2.59 bits per heavy atom. The third kappa shape index (κ3) is 4.97. The first-order chi connectivity index (χ1) is 12.6. The summed E-state index contributed by atoms with van der Waals surface area (Å²) in [5.41, 5.74) is 0.774. The molecule has 1 aromatic heterocycles. The van der Waals surface area contributed by atoms with E-state index in [1.165, 1.54) is 11.2 Å². The van der Waals surface area contributed by atoms with Gasteiger partial charge >= 0.3 is 6.09 Å². The molecule has 0 bridgehead atoms. The molecule has 0 saturated carbocycles. The smallest absolute Gasteiger partial charge is 0.408 e. The summed E-state index contributed by atoms with van der Waals surface area (Å²) in [5, 5.41) is 17.0. The highest BCUT2D eigenvalue weighted by molar-refractivity contribution is 6.30. The molecule has 0 aliphatic heterocycles. The van der Waals surface area contributed by atoms with Crippen LogP contribution in [0.3, 0.4) is 0 Å². The van der Waals surface area contributed by atoms with Crippen LogP contribution in [0.1, 0.15) is 39.7 Å². The molecule has 0 aliphatic carbocycles. The fourth-order valence-electron chi connectivity index (χ4n) is 2.92. The van der Waals surface area contributed by atoms with Crippen LogP contribution in [0, 0.1) is 0 Å². The van der Waals surface area contributed by atoms with E-state index < -0.39 is 17.7 Å². The van der Waals surface area contributed by atoms with Gasteiger partial charge in [-0.1, -0.05) is 18.5 Å². The van der Waals surface area contributed by atoms with E-state index in [9.17, 15) is 14.7 Å². The van der Waals surface area contributed by atoms with E-state index in [-0.39, 0.29) is 12.5 Å². The largest absolute Gasteiger partial charge is 0.465 e. The maximum Gasteiger partial charge on any atom is 0.408 e. The summed E-state index contributed by atoms with van der Waals surface area (Å²) in [5.74, 6) is -0.362. The van der Waals surface area contributed by atoms with Crippen molar-refractivity contribution in [1.82, 2.24) is 25.0 Å². The highest BCUT2D eigenvalue weighted by atomic mass is 35.5. The van der Waals surface area contributed by atoms with Crippen molar-refractivity contribution in [3.05, 3.63) is 41.4 Å². The zero-order chi connectivity index (χ0) is 20.2. The van der Waals surface area contributed by atoms with Crippen molar-refractivity contribution in [1.29, 1.82) is 0 Å². The number of hydrogen-bond donors (Lipinski definition) is 2. The van der Waals surface area contributed by atoms with Crippen molar-refractivity contribution in [2.24, 2.45) is 0 Å². The Morgan fingerprint density at radius 2 is 2.07 bits per heavy atom. The lowest BCUT2D eigenvalue weighted by molar-refractivity contribution is -0.127. The normalized spacial score (nSPS) is 12.5. The van der Waals surface area contributed by atoms with Crippen LogP contribution >= 0.6 is 11.6 Å². The van der Waals surface area contributed by atoms with E-state index in [4.69, 9.17) is 11.6 Å². The molecule has 2 aromatic rings. The molecule has 2 N–H and O–H groups in total. The lowest BCUT2D eigenvalue weighted by Gasteiger charge is -2.38. The second-order valence-electron chi connectivity index (χ2n) is 7.08. The highest BCUT2D eigenvalue weighted by Crippen LogP contribution is 2.21. The molecule has 146 valence electrons. The number of rotatable bonds is 6. The molecule has 0 unspecified atom stereocenters. The molecular formula is C18H24ClN5O3. The monoisotopic (exact) mass is 393 g/mol. The van der Waals surface area contributed by atoms with Gasteiger partial charge in [0, 0.05) is 17.1 Å². The topological polar surface area (TPSA) is 100 Å². The van der Waals surface area contributed by atoms with E-state index in [1.54, 1.807) is 56.9 Å². The van der Waals surface area contributed by atoms with Gasteiger partial charge < -0.3 is 10.4 Å². The molecule has 0 saturated heterocycles. The molecule has 1 heterocycles. The zero-order valence-electron chi connectivity index (χ0n) is 15.8. The maximum absolute atomic E-state index is 12.7. The second-order valence-corrected chi connectivity index (χ2v) is 7.51. The molecule has 27 heavy (non-hydrogen) atoms. The van der Waals surface area contributed by atoms with Gasteiger partial charge in [0.15, 0.2) is 0 Å². The number of hydrogen-bond acceptors (Lipinski definition) is 4. The van der Waals surface area contributed by atoms with Gasteiger partial charge in [0.2, 0.25) is 5.91 Å². The summed E-state index contributed by atoms with van der Waals surface area (Å²) >= 11 is 6.09. The molecule has 2 rings (SSSR count). The van der Waals surface area contributed by atoms with Crippen LogP contribution in [0.15, 0.2) is 30.9 Å². The highest BCUT2D eigenvalue weighted by Gasteiger charge is 2.36. The SMILES string of the molecule is CC[C@@H](C(=O)NCc1cc(Cl)ccc1-n1cncn1)N(C(=O)O)C(C)(C)C. The average Bonchev–Trinajstić information content (AvgIpc) is 3.10. The second kappa shape index (κ2) is 8.39. The minimum absolute atomic E-state index is 0.183. The molecule has 0 spiro atoms. The fourth-order valence-corrected chi connectivity index (χ4v) is 3.12. The van der Waals surface area contributed by atoms with Crippen molar-refractivity contribution < 1.29 is 14.7 Å². The van der Waals surface area contributed by atoms with E-state index in [1.807, 2.05) is 0 Å². The number of benzene rings is 1. The Hall–Kier alpha value is -2.61. The number of amides is 2. The maximum atomic E-state index is 12.7. The Balaban J connectivity index is 2.21. The molecule has 1 aromatic carbocycles. The van der Waals surface area contributed by atoms with E-state index >= 15 is 0 Å². The average molecular weight is 394 g/mol. The first-order valence-corrected chi connectivity index (χ1v) is 8.96. The Kier molecular flexibility index (Phi) is 6.43. The summed E-state index contributed by atoms with van der Waals surface area (Å²) in [6, 6.07) is 4.45. The van der Waals surface area contributed by atoms with Crippen LogP contribution in [0.2, 0.25) is 5.02 Å². The number of carboxylic acid groups (broad SMARTS) is 1. The molecule has 8 nitrogen and oxygen atoms in total. The third-order valence-electron chi connectivity index (χ3n) is 4.09. The van der Waals surface area contributed by atoms with Crippen LogP contribution in [0.4, 0.5) is 4.79 Å². The summed E-state index contributed by atoms with van der Waals surface area (Å²) in [6.07, 6.45) is 2.20. The Labute approximate surface area is 163 Å². The van der Waals surface area contributed by atoms with E-state index in [0.29, 0.717) is 11.4 Å². The Morgan fingerprint density at radius 1 is 1.37 bits per heavy atom. The zero-order valence-corrected chi connectivity index (χ0v) is 16.6. The Bertz CT molecular complexity index is 802. The minimum atomic E-state index is -1.13. The van der Waals surface area contributed by atoms with Crippen molar-refractivity contribution >= 4 is 23.6 Å². The number of halogens is 1. The van der Waals surface area contributed by atoms with Crippen LogP contribution in [-0.2, 0) is 11.3 Å². The first-order valence-electron chi connectivity index (χ1n) is 8.58. The number of nitrogens with zero attached hydrogens (tertiary/aromatic N) is 4. The summed E-state index contributed by atoms with van der Waals surface area (Å²) < 4.78 is 1.58. The molecule has 0 radical (unpaired) electrons. The van der Waals surface area contributed by atoms with E-state index in [0.717, 1.165) is 11.3 Å². The van der Waals surface area contributed by atoms with Gasteiger partial charge in [-0.2, -0.15) is 5.10 Å².